The minimum atomic E-state index is -0.820. The van der Waals surface area contributed by atoms with Crippen molar-refractivity contribution in [3.05, 3.63) is 59.4 Å². The molecule has 0 nitrogen and oxygen atoms in total. The second-order valence-corrected chi connectivity index (χ2v) is 6.26. The van der Waals surface area contributed by atoms with E-state index in [1.807, 2.05) is 12.1 Å². The maximum Gasteiger partial charge on any atom is 3.00 e. The molecule has 0 heterocycles. The van der Waals surface area contributed by atoms with Gasteiger partial charge in [-0.1, -0.05) is 31.9 Å². The Morgan fingerprint density at radius 3 is 2.09 bits per heavy atom. The summed E-state index contributed by atoms with van der Waals surface area (Å²) >= 11 is 0. The molecule has 1 fully saturated rings. The summed E-state index contributed by atoms with van der Waals surface area (Å²) in [4.78, 5) is 0. The van der Waals surface area contributed by atoms with Gasteiger partial charge in [-0.25, -0.2) is 13.2 Å². The second-order valence-electron chi connectivity index (χ2n) is 6.26. The fourth-order valence-electron chi connectivity index (χ4n) is 3.27. The first-order valence-corrected chi connectivity index (χ1v) is 7.71. The molecule has 0 bridgehead atoms. The molecular formula is C19H18F3Y+2. The summed E-state index contributed by atoms with van der Waals surface area (Å²) in [6, 6.07) is 9.13. The van der Waals surface area contributed by atoms with Gasteiger partial charge in [0.15, 0.2) is 0 Å². The van der Waals surface area contributed by atoms with Gasteiger partial charge in [0.2, 0.25) is 0 Å². The summed E-state index contributed by atoms with van der Waals surface area (Å²) < 4.78 is 40.8. The molecule has 1 aliphatic rings. The van der Waals surface area contributed by atoms with Gasteiger partial charge in [-0.2, -0.15) is 0 Å². The number of hydrogen-bond donors (Lipinski definition) is 0. The van der Waals surface area contributed by atoms with Crippen LogP contribution in [-0.4, -0.2) is 0 Å². The van der Waals surface area contributed by atoms with E-state index in [0.717, 1.165) is 36.5 Å². The number of benzene rings is 2. The van der Waals surface area contributed by atoms with Crippen molar-refractivity contribution in [2.45, 2.75) is 38.5 Å². The van der Waals surface area contributed by atoms with Crippen LogP contribution in [0.1, 0.15) is 44.1 Å². The van der Waals surface area contributed by atoms with Gasteiger partial charge < -0.3 is 0 Å². The fraction of sp³-hybridized carbons (Fsp3) is 0.368. The maximum absolute atomic E-state index is 14.4. The van der Waals surface area contributed by atoms with Gasteiger partial charge in [-0.05, 0) is 41.9 Å². The van der Waals surface area contributed by atoms with E-state index in [0.29, 0.717) is 5.92 Å². The third kappa shape index (κ3) is 4.45. The topological polar surface area (TPSA) is 0 Å². The van der Waals surface area contributed by atoms with Crippen molar-refractivity contribution < 1.29 is 45.9 Å². The van der Waals surface area contributed by atoms with Crippen molar-refractivity contribution in [2.75, 3.05) is 0 Å². The number of hydrogen-bond acceptors (Lipinski definition) is 0. The second kappa shape index (κ2) is 7.94. The van der Waals surface area contributed by atoms with Gasteiger partial charge in [-0.3, -0.25) is 0 Å². The Labute approximate surface area is 160 Å². The third-order valence-corrected chi connectivity index (χ3v) is 4.59. The van der Waals surface area contributed by atoms with Crippen LogP contribution in [-0.2, 0) is 32.7 Å². The molecule has 23 heavy (non-hydrogen) atoms. The predicted molar refractivity (Wildman–Crippen MR) is 81.0 cm³/mol. The minimum absolute atomic E-state index is 0. The van der Waals surface area contributed by atoms with E-state index < -0.39 is 17.5 Å². The molecule has 1 saturated carbocycles. The largest absolute Gasteiger partial charge is 3.00 e. The van der Waals surface area contributed by atoms with E-state index in [-0.39, 0.29) is 43.8 Å². The summed E-state index contributed by atoms with van der Waals surface area (Å²) in [6.07, 6.45) is 4.48. The predicted octanol–water partition coefficient (Wildman–Crippen LogP) is 5.86. The fourth-order valence-corrected chi connectivity index (χ4v) is 3.27. The molecule has 3 rings (SSSR count). The van der Waals surface area contributed by atoms with Crippen LogP contribution < -0.4 is 0 Å². The van der Waals surface area contributed by atoms with Gasteiger partial charge in [0.25, 0.3) is 0 Å². The SMILES string of the molecule is CC1CCC(c2ccc(-c3cc(F)[c-]c(F)c3)c(F)c2)CC1.[Y+3]. The molecule has 1 aliphatic carbocycles. The van der Waals surface area contributed by atoms with Gasteiger partial charge in [0, 0.05) is 11.6 Å². The van der Waals surface area contributed by atoms with Crippen molar-refractivity contribution in [1.29, 1.82) is 0 Å². The van der Waals surface area contributed by atoms with E-state index in [4.69, 9.17) is 0 Å². The van der Waals surface area contributed by atoms with Crippen LogP contribution in [0, 0.1) is 29.4 Å². The molecule has 2 aromatic rings. The molecule has 0 saturated heterocycles. The number of rotatable bonds is 2. The van der Waals surface area contributed by atoms with Crippen LogP contribution in [0.3, 0.4) is 0 Å². The molecule has 116 valence electrons. The molecule has 4 heteroatoms. The Morgan fingerprint density at radius 2 is 1.52 bits per heavy atom. The van der Waals surface area contributed by atoms with Crippen LogP contribution in [0.25, 0.3) is 11.1 Å². The summed E-state index contributed by atoms with van der Waals surface area (Å²) in [7, 11) is 0. The average Bonchev–Trinajstić information content (AvgIpc) is 2.46. The smallest absolute Gasteiger partial charge is 0.236 e. The first-order chi connectivity index (χ1) is 10.5. The molecule has 0 spiro atoms. The summed E-state index contributed by atoms with van der Waals surface area (Å²) in [6.45, 7) is 2.25. The van der Waals surface area contributed by atoms with Gasteiger partial charge >= 0.3 is 32.7 Å². The van der Waals surface area contributed by atoms with Crippen molar-refractivity contribution in [1.82, 2.24) is 0 Å². The van der Waals surface area contributed by atoms with Crippen molar-refractivity contribution in [3.63, 3.8) is 0 Å². The van der Waals surface area contributed by atoms with Crippen LogP contribution in [0.4, 0.5) is 13.2 Å². The molecule has 2 aromatic carbocycles. The molecule has 0 atom stereocenters. The van der Waals surface area contributed by atoms with Crippen molar-refractivity contribution in [3.8, 4) is 11.1 Å². The van der Waals surface area contributed by atoms with E-state index in [2.05, 4.69) is 6.92 Å². The van der Waals surface area contributed by atoms with Crippen LogP contribution >= 0.6 is 0 Å². The molecule has 0 amide bonds. The van der Waals surface area contributed by atoms with E-state index in [1.54, 1.807) is 6.07 Å². The Hall–Kier alpha value is -0.666. The molecule has 0 aliphatic heterocycles. The summed E-state index contributed by atoms with van der Waals surface area (Å²) in [5.74, 6) is -0.940. The maximum atomic E-state index is 14.4. The van der Waals surface area contributed by atoms with Gasteiger partial charge in [-0.15, -0.1) is 23.8 Å². The normalized spacial score (nSPS) is 20.9. The van der Waals surface area contributed by atoms with E-state index in [1.165, 1.54) is 18.9 Å². The summed E-state index contributed by atoms with van der Waals surface area (Å²) in [5, 5.41) is 0. The average molecular weight is 392 g/mol. The van der Waals surface area contributed by atoms with E-state index >= 15 is 0 Å². The zero-order valence-electron chi connectivity index (χ0n) is 13.1. The molecule has 0 aromatic heterocycles. The van der Waals surface area contributed by atoms with Gasteiger partial charge in [0.05, 0.1) is 0 Å². The monoisotopic (exact) mass is 392 g/mol. The third-order valence-electron chi connectivity index (χ3n) is 4.59. The summed E-state index contributed by atoms with van der Waals surface area (Å²) in [5.41, 5.74) is 1.41. The Morgan fingerprint density at radius 1 is 0.913 bits per heavy atom. The standard InChI is InChI=1S/C19H18F3.Y/c1-12-2-4-13(5-3-12)14-6-7-18(19(22)10-14)15-8-16(20)11-17(21)9-15;/h6-10,12-13H,2-5H2,1H3;/q-1;+3. The Kier molecular flexibility index (Phi) is 6.44. The molecule has 0 unspecified atom stereocenters. The Balaban J connectivity index is 0.00000192. The van der Waals surface area contributed by atoms with E-state index in [9.17, 15) is 13.2 Å². The van der Waals surface area contributed by atoms with Crippen molar-refractivity contribution >= 4 is 0 Å². The Bertz CT molecular complexity index is 656. The van der Waals surface area contributed by atoms with Crippen LogP contribution in [0.5, 0.6) is 0 Å². The van der Waals surface area contributed by atoms with Gasteiger partial charge in [0.1, 0.15) is 5.82 Å². The molecule has 0 N–H and O–H groups in total. The molecule has 0 radical (unpaired) electrons. The van der Waals surface area contributed by atoms with Crippen LogP contribution in [0.15, 0.2) is 30.3 Å². The zero-order chi connectivity index (χ0) is 15.7. The quantitative estimate of drug-likeness (QED) is 0.562. The molecular weight excluding hydrogens is 374 g/mol. The van der Waals surface area contributed by atoms with Crippen molar-refractivity contribution in [2.24, 2.45) is 5.92 Å². The first kappa shape index (κ1) is 18.7. The first-order valence-electron chi connectivity index (χ1n) is 7.71. The zero-order valence-corrected chi connectivity index (χ0v) is 15.9. The number of halogens is 3. The van der Waals surface area contributed by atoms with Crippen LogP contribution in [0.2, 0.25) is 0 Å². The minimum Gasteiger partial charge on any atom is -0.236 e.